The van der Waals surface area contributed by atoms with Crippen molar-refractivity contribution in [1.29, 1.82) is 0 Å². The van der Waals surface area contributed by atoms with Gasteiger partial charge in [0.25, 0.3) is 0 Å². The fourth-order valence-corrected chi connectivity index (χ4v) is 6.74. The largest absolute Gasteiger partial charge is 0.502 e. The van der Waals surface area contributed by atoms with E-state index in [1.807, 2.05) is 0 Å². The van der Waals surface area contributed by atoms with Crippen molar-refractivity contribution in [3.05, 3.63) is 41.0 Å². The second-order valence-electron chi connectivity index (χ2n) is 11.0. The van der Waals surface area contributed by atoms with Crippen molar-refractivity contribution in [2.24, 2.45) is 11.8 Å². The number of phenols is 1. The molecule has 226 valence electrons. The molecular formula is C29H32O13. The van der Waals surface area contributed by atoms with Crippen molar-refractivity contribution in [3.8, 4) is 28.7 Å². The lowest BCUT2D eigenvalue weighted by atomic mass is 9.66. The Morgan fingerprint density at radius 2 is 1.57 bits per heavy atom. The van der Waals surface area contributed by atoms with Crippen LogP contribution in [0.3, 0.4) is 0 Å². The summed E-state index contributed by atoms with van der Waals surface area (Å²) in [5, 5.41) is 32.5. The highest BCUT2D eigenvalue weighted by atomic mass is 16.8. The maximum Gasteiger partial charge on any atom is 0.310 e. The zero-order chi connectivity index (χ0) is 29.3. The van der Waals surface area contributed by atoms with Crippen molar-refractivity contribution in [3.63, 3.8) is 0 Å². The van der Waals surface area contributed by atoms with Crippen LogP contribution in [0.25, 0.3) is 0 Å². The number of methoxy groups -OCH3 is 2. The highest BCUT2D eigenvalue weighted by Gasteiger charge is 2.56. The van der Waals surface area contributed by atoms with Gasteiger partial charge in [0.05, 0.1) is 39.5 Å². The van der Waals surface area contributed by atoms with Crippen LogP contribution in [0.5, 0.6) is 28.7 Å². The summed E-state index contributed by atoms with van der Waals surface area (Å²) in [6.07, 6.45) is -6.80. The van der Waals surface area contributed by atoms with E-state index in [9.17, 15) is 20.1 Å². The molecule has 4 heterocycles. The van der Waals surface area contributed by atoms with E-state index in [1.54, 1.807) is 31.2 Å². The molecule has 3 N–H and O–H groups in total. The number of aliphatic hydroxyl groups is 2. The molecule has 1 aliphatic carbocycles. The maximum absolute atomic E-state index is 13.4. The van der Waals surface area contributed by atoms with Crippen LogP contribution in [0.1, 0.15) is 35.6 Å². The first kappa shape index (κ1) is 27.5. The first-order valence-electron chi connectivity index (χ1n) is 13.8. The van der Waals surface area contributed by atoms with Crippen molar-refractivity contribution in [2.45, 2.75) is 55.9 Å². The molecule has 7 rings (SSSR count). The Labute approximate surface area is 240 Å². The number of aliphatic hydroxyl groups excluding tert-OH is 2. The monoisotopic (exact) mass is 588 g/mol. The Morgan fingerprint density at radius 3 is 2.26 bits per heavy atom. The van der Waals surface area contributed by atoms with Gasteiger partial charge in [-0.2, -0.15) is 0 Å². The zero-order valence-corrected chi connectivity index (χ0v) is 23.1. The summed E-state index contributed by atoms with van der Waals surface area (Å²) >= 11 is 0. The number of cyclic esters (lactones) is 1. The molecule has 0 saturated carbocycles. The quantitative estimate of drug-likeness (QED) is 0.430. The summed E-state index contributed by atoms with van der Waals surface area (Å²) in [5.74, 6) is -1.02. The number of hydrogen-bond donors (Lipinski definition) is 3. The number of benzene rings is 2. The molecule has 13 heteroatoms. The number of carbonyl (C=O) groups excluding carboxylic acids is 1. The van der Waals surface area contributed by atoms with Crippen molar-refractivity contribution < 1.29 is 62.7 Å². The van der Waals surface area contributed by atoms with Gasteiger partial charge >= 0.3 is 5.97 Å². The number of carbonyl (C=O) groups is 1. The highest BCUT2D eigenvalue weighted by Crippen LogP contribution is 2.57. The molecule has 0 bridgehead atoms. The first-order chi connectivity index (χ1) is 20.3. The van der Waals surface area contributed by atoms with Gasteiger partial charge in [-0.1, -0.05) is 0 Å². The summed E-state index contributed by atoms with van der Waals surface area (Å²) in [7, 11) is 2.86. The minimum absolute atomic E-state index is 0.0301. The molecule has 4 aliphatic heterocycles. The molecule has 2 aromatic carbocycles. The molecule has 0 aromatic heterocycles. The number of rotatable bonds is 5. The molecule has 5 aliphatic rings. The Bertz CT molecular complexity index is 1350. The third kappa shape index (κ3) is 4.26. The predicted molar refractivity (Wildman–Crippen MR) is 138 cm³/mol. The molecule has 10 atom stereocenters. The second kappa shape index (κ2) is 10.4. The molecule has 3 fully saturated rings. The molecule has 42 heavy (non-hydrogen) atoms. The van der Waals surface area contributed by atoms with E-state index in [1.165, 1.54) is 14.2 Å². The second-order valence-corrected chi connectivity index (χ2v) is 11.0. The molecule has 0 spiro atoms. The van der Waals surface area contributed by atoms with Crippen LogP contribution in [0.4, 0.5) is 0 Å². The Hall–Kier alpha value is -3.33. The fraction of sp³-hybridized carbons (Fsp3) is 0.552. The number of aromatic hydroxyl groups is 1. The topological polar surface area (TPSA) is 161 Å². The van der Waals surface area contributed by atoms with Crippen LogP contribution in [0.15, 0.2) is 24.3 Å². The first-order valence-corrected chi connectivity index (χ1v) is 13.8. The van der Waals surface area contributed by atoms with Gasteiger partial charge in [-0.15, -0.1) is 0 Å². The SMILES string of the molecule is COc1cc([C@@H]2c3cc4c(cc3[C@H](O[C@@H]3O[C@@H]5CO[C@@H](C)O[C@@H]5[C@H](O)[C@H]3O)[C@H]3COC(=O)[C@@H]23)OCO4)cc(OC)c1O. The fourth-order valence-electron chi connectivity index (χ4n) is 6.74. The van der Waals surface area contributed by atoms with E-state index in [2.05, 4.69) is 0 Å². The lowest BCUT2D eigenvalue weighted by Crippen LogP contribution is -2.63. The lowest BCUT2D eigenvalue weighted by molar-refractivity contribution is -0.364. The van der Waals surface area contributed by atoms with E-state index in [0.717, 1.165) is 0 Å². The average Bonchev–Trinajstić information content (AvgIpc) is 3.61. The van der Waals surface area contributed by atoms with Crippen LogP contribution in [-0.2, 0) is 28.5 Å². The highest BCUT2D eigenvalue weighted by molar-refractivity contribution is 5.79. The number of phenolic OH excluding ortho intramolecular Hbond substituents is 1. The van der Waals surface area contributed by atoms with Crippen LogP contribution in [-0.4, -0.2) is 92.5 Å². The molecule has 0 amide bonds. The lowest BCUT2D eigenvalue weighted by Gasteiger charge is -2.47. The van der Waals surface area contributed by atoms with Crippen LogP contribution in [0.2, 0.25) is 0 Å². The number of fused-ring (bicyclic) bond motifs is 4. The maximum atomic E-state index is 13.4. The molecular weight excluding hydrogens is 556 g/mol. The number of ether oxygens (including phenoxy) is 9. The summed E-state index contributed by atoms with van der Waals surface area (Å²) in [5.41, 5.74) is 2.01. The summed E-state index contributed by atoms with van der Waals surface area (Å²) < 4.78 is 51.5. The van der Waals surface area contributed by atoms with E-state index in [4.69, 9.17) is 42.6 Å². The van der Waals surface area contributed by atoms with E-state index in [0.29, 0.717) is 28.2 Å². The molecule has 3 saturated heterocycles. The molecule has 0 radical (unpaired) electrons. The third-order valence-electron chi connectivity index (χ3n) is 8.75. The van der Waals surface area contributed by atoms with Gasteiger partial charge in [0, 0.05) is 11.8 Å². The predicted octanol–water partition coefficient (Wildman–Crippen LogP) is 1.34. The van der Waals surface area contributed by atoms with E-state index >= 15 is 0 Å². The normalized spacial score (nSPS) is 36.5. The van der Waals surface area contributed by atoms with E-state index in [-0.39, 0.29) is 37.3 Å². The minimum atomic E-state index is -1.44. The third-order valence-corrected chi connectivity index (χ3v) is 8.75. The zero-order valence-electron chi connectivity index (χ0n) is 23.1. The van der Waals surface area contributed by atoms with Gasteiger partial charge in [0.1, 0.15) is 24.4 Å². The number of hydrogen-bond acceptors (Lipinski definition) is 13. The van der Waals surface area contributed by atoms with E-state index < -0.39 is 66.8 Å². The smallest absolute Gasteiger partial charge is 0.310 e. The van der Waals surface area contributed by atoms with Gasteiger partial charge in [-0.05, 0) is 47.9 Å². The summed E-state index contributed by atoms with van der Waals surface area (Å²) in [4.78, 5) is 13.4. The Kier molecular flexibility index (Phi) is 6.83. The van der Waals surface area contributed by atoms with Crippen molar-refractivity contribution in [2.75, 3.05) is 34.2 Å². The van der Waals surface area contributed by atoms with Gasteiger partial charge in [-0.25, -0.2) is 0 Å². The molecule has 0 unspecified atom stereocenters. The van der Waals surface area contributed by atoms with Gasteiger partial charge < -0.3 is 58.0 Å². The average molecular weight is 589 g/mol. The minimum Gasteiger partial charge on any atom is -0.502 e. The van der Waals surface area contributed by atoms with Crippen LogP contribution < -0.4 is 18.9 Å². The number of esters is 1. The van der Waals surface area contributed by atoms with Gasteiger partial charge in [0.2, 0.25) is 12.5 Å². The standard InChI is InChI=1S/C29H32O13/c1-11-36-9-20-27(40-11)24(31)25(32)29(41-20)42-26-14-7-17-16(38-10-39-17)6-13(14)21(22-15(26)8-37-28(22)33)12-4-18(34-2)23(30)19(5-12)35-3/h4-7,11,15,20-22,24-27,29-32H,8-10H2,1-3H3/t11-,15+,20-,21-,22-,24-,25-,26+,27+,29+/m1/s1. The van der Waals surface area contributed by atoms with Crippen LogP contribution in [0, 0.1) is 11.8 Å². The molecule has 2 aromatic rings. The van der Waals surface area contributed by atoms with Crippen molar-refractivity contribution in [1.82, 2.24) is 0 Å². The Morgan fingerprint density at radius 1 is 0.881 bits per heavy atom. The van der Waals surface area contributed by atoms with Gasteiger partial charge in [-0.3, -0.25) is 4.79 Å². The Balaban J connectivity index is 1.32. The van der Waals surface area contributed by atoms with Gasteiger partial charge in [0.15, 0.2) is 35.6 Å². The summed E-state index contributed by atoms with van der Waals surface area (Å²) in [6.45, 7) is 1.93. The van der Waals surface area contributed by atoms with Crippen LogP contribution >= 0.6 is 0 Å². The molecule has 13 nitrogen and oxygen atoms in total. The summed E-state index contributed by atoms with van der Waals surface area (Å²) in [6, 6.07) is 6.93. The van der Waals surface area contributed by atoms with Crippen molar-refractivity contribution >= 4 is 5.97 Å².